The van der Waals surface area contributed by atoms with Crippen LogP contribution in [0.5, 0.6) is 0 Å². The second-order valence-corrected chi connectivity index (χ2v) is 5.07. The maximum atomic E-state index is 11.4. The first kappa shape index (κ1) is 12.9. The minimum Gasteiger partial charge on any atom is -0.469 e. The molecule has 1 aromatic rings. The number of carbonyl (C=O) groups excluding carboxylic acids is 1. The first-order chi connectivity index (χ1) is 8.63. The van der Waals surface area contributed by atoms with Crippen LogP contribution in [0, 0.1) is 0 Å². The quantitative estimate of drug-likeness (QED) is 0.769. The first-order valence-electron chi connectivity index (χ1n) is 6.56. The summed E-state index contributed by atoms with van der Waals surface area (Å²) in [5.74, 6) is 0.460. The van der Waals surface area contributed by atoms with Crippen LogP contribution in [0.25, 0.3) is 0 Å². The molecule has 0 spiro atoms. The zero-order valence-electron chi connectivity index (χ0n) is 11.3. The van der Waals surface area contributed by atoms with Gasteiger partial charge >= 0.3 is 5.97 Å². The fourth-order valence-electron chi connectivity index (χ4n) is 2.67. The van der Waals surface area contributed by atoms with Crippen molar-refractivity contribution in [2.24, 2.45) is 0 Å². The van der Waals surface area contributed by atoms with E-state index in [2.05, 4.69) is 43.0 Å². The number of carbonyl (C=O) groups is 1. The Morgan fingerprint density at radius 3 is 2.94 bits per heavy atom. The van der Waals surface area contributed by atoms with Gasteiger partial charge in [-0.1, -0.05) is 25.1 Å². The van der Waals surface area contributed by atoms with Gasteiger partial charge in [-0.25, -0.2) is 0 Å². The highest BCUT2D eigenvalue weighted by Crippen LogP contribution is 2.36. The number of fused-ring (bicyclic) bond motifs is 1. The SMILES string of the molecule is COC(=O)CC(C)N1CCC(C)c2ccccc21. The van der Waals surface area contributed by atoms with Crippen LogP contribution in [0.1, 0.15) is 38.2 Å². The molecule has 18 heavy (non-hydrogen) atoms. The molecule has 0 fully saturated rings. The van der Waals surface area contributed by atoms with E-state index in [0.717, 1.165) is 13.0 Å². The summed E-state index contributed by atoms with van der Waals surface area (Å²) in [4.78, 5) is 13.7. The number of benzene rings is 1. The molecule has 0 N–H and O–H groups in total. The van der Waals surface area contributed by atoms with E-state index in [0.29, 0.717) is 12.3 Å². The largest absolute Gasteiger partial charge is 0.469 e. The Balaban J connectivity index is 2.20. The highest BCUT2D eigenvalue weighted by Gasteiger charge is 2.26. The van der Waals surface area contributed by atoms with E-state index in [1.165, 1.54) is 18.4 Å². The standard InChI is InChI=1S/C15H21NO2/c1-11-8-9-16(12(2)10-15(17)18-3)14-7-5-4-6-13(11)14/h4-7,11-12H,8-10H2,1-3H3. The van der Waals surface area contributed by atoms with Crippen molar-refractivity contribution in [3.8, 4) is 0 Å². The van der Waals surface area contributed by atoms with Crippen LogP contribution < -0.4 is 4.90 Å². The second kappa shape index (κ2) is 5.42. The predicted molar refractivity (Wildman–Crippen MR) is 72.9 cm³/mol. The number of methoxy groups -OCH3 is 1. The number of ether oxygens (including phenoxy) is 1. The summed E-state index contributed by atoms with van der Waals surface area (Å²) < 4.78 is 4.76. The highest BCUT2D eigenvalue weighted by atomic mass is 16.5. The van der Waals surface area contributed by atoms with Gasteiger partial charge in [-0.2, -0.15) is 0 Å². The van der Waals surface area contributed by atoms with Gasteiger partial charge in [0.25, 0.3) is 0 Å². The van der Waals surface area contributed by atoms with Crippen molar-refractivity contribution in [1.29, 1.82) is 0 Å². The van der Waals surface area contributed by atoms with Gasteiger partial charge in [0.15, 0.2) is 0 Å². The van der Waals surface area contributed by atoms with Gasteiger partial charge < -0.3 is 9.64 Å². The molecule has 2 unspecified atom stereocenters. The van der Waals surface area contributed by atoms with Gasteiger partial charge in [0.05, 0.1) is 13.5 Å². The Kier molecular flexibility index (Phi) is 3.90. The summed E-state index contributed by atoms with van der Waals surface area (Å²) in [7, 11) is 1.45. The lowest BCUT2D eigenvalue weighted by Gasteiger charge is -2.38. The van der Waals surface area contributed by atoms with Gasteiger partial charge in [0.1, 0.15) is 0 Å². The minimum atomic E-state index is -0.140. The maximum Gasteiger partial charge on any atom is 0.307 e. The lowest BCUT2D eigenvalue weighted by atomic mass is 9.90. The molecule has 0 amide bonds. The van der Waals surface area contributed by atoms with Crippen LogP contribution in [-0.2, 0) is 9.53 Å². The molecule has 0 aromatic heterocycles. The Morgan fingerprint density at radius 1 is 1.50 bits per heavy atom. The molecule has 0 saturated heterocycles. The summed E-state index contributed by atoms with van der Waals surface area (Å²) in [5, 5.41) is 0. The van der Waals surface area contributed by atoms with Gasteiger partial charge in [-0.3, -0.25) is 4.79 Å². The normalized spacial score (nSPS) is 20.2. The van der Waals surface area contributed by atoms with Gasteiger partial charge in [0.2, 0.25) is 0 Å². The fourth-order valence-corrected chi connectivity index (χ4v) is 2.67. The number of rotatable bonds is 3. The lowest BCUT2D eigenvalue weighted by Crippen LogP contribution is -2.39. The Morgan fingerprint density at radius 2 is 2.22 bits per heavy atom. The third kappa shape index (κ3) is 2.50. The molecular weight excluding hydrogens is 226 g/mol. The Bertz CT molecular complexity index is 430. The Labute approximate surface area is 109 Å². The van der Waals surface area contributed by atoms with Crippen LogP contribution in [0.3, 0.4) is 0 Å². The zero-order valence-corrected chi connectivity index (χ0v) is 11.3. The zero-order chi connectivity index (χ0) is 13.1. The molecule has 0 saturated carbocycles. The lowest BCUT2D eigenvalue weighted by molar-refractivity contribution is -0.140. The molecule has 98 valence electrons. The van der Waals surface area contributed by atoms with Crippen LogP contribution in [0.4, 0.5) is 5.69 Å². The summed E-state index contributed by atoms with van der Waals surface area (Å²) in [6.45, 7) is 5.36. The maximum absolute atomic E-state index is 11.4. The van der Waals surface area contributed by atoms with Crippen LogP contribution in [0.2, 0.25) is 0 Å². The van der Waals surface area contributed by atoms with Gasteiger partial charge in [0, 0.05) is 18.3 Å². The number of anilines is 1. The first-order valence-corrected chi connectivity index (χ1v) is 6.56. The van der Waals surface area contributed by atoms with E-state index in [9.17, 15) is 4.79 Å². The van der Waals surface area contributed by atoms with Gasteiger partial charge in [-0.05, 0) is 30.9 Å². The van der Waals surface area contributed by atoms with E-state index >= 15 is 0 Å². The number of para-hydroxylation sites is 1. The molecule has 0 aliphatic carbocycles. The molecule has 1 aliphatic rings. The average molecular weight is 247 g/mol. The third-order valence-corrected chi connectivity index (χ3v) is 3.80. The summed E-state index contributed by atoms with van der Waals surface area (Å²) in [6.07, 6.45) is 1.59. The van der Waals surface area contributed by atoms with Crippen molar-refractivity contribution in [2.45, 2.75) is 38.6 Å². The van der Waals surface area contributed by atoms with Crippen molar-refractivity contribution in [3.05, 3.63) is 29.8 Å². The Hall–Kier alpha value is -1.51. The van der Waals surface area contributed by atoms with Crippen LogP contribution in [-0.4, -0.2) is 25.7 Å². The number of esters is 1. The second-order valence-electron chi connectivity index (χ2n) is 5.07. The number of nitrogens with zero attached hydrogens (tertiary/aromatic N) is 1. The molecule has 0 radical (unpaired) electrons. The van der Waals surface area contributed by atoms with E-state index in [4.69, 9.17) is 4.74 Å². The van der Waals surface area contributed by atoms with Crippen molar-refractivity contribution in [2.75, 3.05) is 18.6 Å². The molecule has 1 heterocycles. The molecular formula is C15H21NO2. The molecule has 1 aromatic carbocycles. The predicted octanol–water partition coefficient (Wildman–Crippen LogP) is 2.95. The highest BCUT2D eigenvalue weighted by molar-refractivity contribution is 5.71. The van der Waals surface area contributed by atoms with Crippen LogP contribution in [0.15, 0.2) is 24.3 Å². The summed E-state index contributed by atoms with van der Waals surface area (Å²) in [6, 6.07) is 8.68. The topological polar surface area (TPSA) is 29.5 Å². The van der Waals surface area contributed by atoms with Crippen molar-refractivity contribution < 1.29 is 9.53 Å². The summed E-state index contributed by atoms with van der Waals surface area (Å²) in [5.41, 5.74) is 2.66. The van der Waals surface area contributed by atoms with E-state index < -0.39 is 0 Å². The summed E-state index contributed by atoms with van der Waals surface area (Å²) >= 11 is 0. The van der Waals surface area contributed by atoms with E-state index in [1.807, 2.05) is 0 Å². The van der Waals surface area contributed by atoms with E-state index in [-0.39, 0.29) is 12.0 Å². The van der Waals surface area contributed by atoms with Crippen molar-refractivity contribution in [3.63, 3.8) is 0 Å². The minimum absolute atomic E-state index is 0.140. The monoisotopic (exact) mass is 247 g/mol. The molecule has 2 atom stereocenters. The molecule has 3 heteroatoms. The van der Waals surface area contributed by atoms with Gasteiger partial charge in [-0.15, -0.1) is 0 Å². The smallest absolute Gasteiger partial charge is 0.307 e. The van der Waals surface area contributed by atoms with Crippen molar-refractivity contribution >= 4 is 11.7 Å². The molecule has 3 nitrogen and oxygen atoms in total. The number of hydrogen-bond donors (Lipinski definition) is 0. The van der Waals surface area contributed by atoms with Crippen molar-refractivity contribution in [1.82, 2.24) is 0 Å². The van der Waals surface area contributed by atoms with E-state index in [1.54, 1.807) is 0 Å². The molecule has 0 bridgehead atoms. The molecule has 2 rings (SSSR count). The molecule has 1 aliphatic heterocycles. The average Bonchev–Trinajstić information content (AvgIpc) is 2.39. The fraction of sp³-hybridized carbons (Fsp3) is 0.533. The van der Waals surface area contributed by atoms with Crippen LogP contribution >= 0.6 is 0 Å². The third-order valence-electron chi connectivity index (χ3n) is 3.80. The number of hydrogen-bond acceptors (Lipinski definition) is 3.